The number of thiazole rings is 1. The van der Waals surface area contributed by atoms with Gasteiger partial charge in [-0.15, -0.1) is 0 Å². The van der Waals surface area contributed by atoms with E-state index in [9.17, 15) is 42.6 Å². The molecule has 0 unspecified atom stereocenters. The number of aromatic hydroxyl groups is 1. The van der Waals surface area contributed by atoms with Gasteiger partial charge in [-0.25, -0.2) is 18.0 Å². The quantitative estimate of drug-likeness (QED) is 0.0441. The average Bonchev–Trinajstić information content (AvgIpc) is 3.69. The number of sulfone groups is 1. The molecule has 344 valence electrons. The zero-order valence-corrected chi connectivity index (χ0v) is 42.2. The number of rotatable bonds is 21. The SMILES string of the molecule is O=C(O)c1cc(=O)c2c(OCC(O)COc3cccc4oc(C(=O)O)cc(=O)c34)cccc2o1.O=c1[nH]c2c(O)ccc(CCNCCS(=O)(=O)CCCOCCc3ccccc3)c2s1.[Na].[Na]. The van der Waals surface area contributed by atoms with Crippen LogP contribution in [0.2, 0.25) is 0 Å². The topological polar surface area (TPSA) is 282 Å². The van der Waals surface area contributed by atoms with E-state index in [1.54, 1.807) is 12.1 Å². The number of phenols is 1. The maximum absolute atomic E-state index is 12.3. The van der Waals surface area contributed by atoms with Crippen LogP contribution >= 0.6 is 11.3 Å². The van der Waals surface area contributed by atoms with E-state index in [1.165, 1.54) is 42.0 Å². The Morgan fingerprint density at radius 1 is 0.731 bits per heavy atom. The summed E-state index contributed by atoms with van der Waals surface area (Å²) in [7, 11) is -3.12. The van der Waals surface area contributed by atoms with Crippen molar-refractivity contribution < 1.29 is 61.5 Å². The first-order chi connectivity index (χ1) is 31.2. The zero-order valence-electron chi connectivity index (χ0n) is 36.5. The van der Waals surface area contributed by atoms with Gasteiger partial charge in [-0.05, 0) is 67.3 Å². The van der Waals surface area contributed by atoms with Gasteiger partial charge < -0.3 is 53.8 Å². The molecule has 2 radical (unpaired) electrons. The Labute approximate surface area is 430 Å². The molecule has 67 heavy (non-hydrogen) atoms. The molecule has 18 nitrogen and oxygen atoms in total. The summed E-state index contributed by atoms with van der Waals surface area (Å²) in [5.41, 5.74) is 1.39. The van der Waals surface area contributed by atoms with E-state index in [0.29, 0.717) is 44.7 Å². The van der Waals surface area contributed by atoms with Crippen molar-refractivity contribution in [3.8, 4) is 17.2 Å². The molecule has 0 atom stereocenters. The van der Waals surface area contributed by atoms with Gasteiger partial charge in [0.2, 0.25) is 11.5 Å². The molecule has 3 heterocycles. The molecule has 0 amide bonds. The molecule has 0 aliphatic carbocycles. The number of fused-ring (bicyclic) bond motifs is 3. The number of aromatic nitrogens is 1. The largest absolute Gasteiger partial charge is 0.506 e. The maximum Gasteiger partial charge on any atom is 0.371 e. The number of hydrogen-bond donors (Lipinski definition) is 6. The van der Waals surface area contributed by atoms with E-state index in [-0.39, 0.29) is 128 Å². The van der Waals surface area contributed by atoms with Crippen molar-refractivity contribution in [2.75, 3.05) is 51.0 Å². The van der Waals surface area contributed by atoms with Gasteiger partial charge in [0, 0.05) is 84.4 Å². The van der Waals surface area contributed by atoms with Crippen molar-refractivity contribution in [3.63, 3.8) is 0 Å². The number of nitrogens with one attached hydrogen (secondary N) is 2. The fraction of sp³-hybridized carbons (Fsp3) is 0.267. The van der Waals surface area contributed by atoms with E-state index >= 15 is 0 Å². The minimum atomic E-state index is -3.12. The van der Waals surface area contributed by atoms with Crippen LogP contribution in [0.15, 0.2) is 114 Å². The second-order valence-corrected chi connectivity index (χ2v) is 17.7. The van der Waals surface area contributed by atoms with Crippen molar-refractivity contribution in [2.45, 2.75) is 25.4 Å². The summed E-state index contributed by atoms with van der Waals surface area (Å²) < 4.78 is 52.1. The summed E-state index contributed by atoms with van der Waals surface area (Å²) in [6.45, 7) is 1.39. The number of benzene rings is 4. The van der Waals surface area contributed by atoms with E-state index in [4.69, 9.17) is 33.3 Å². The van der Waals surface area contributed by atoms with E-state index < -0.39 is 50.3 Å². The molecule has 0 fully saturated rings. The molecular formula is C45H44N2Na2O16S2. The first-order valence-electron chi connectivity index (χ1n) is 20.1. The predicted molar refractivity (Wildman–Crippen MR) is 252 cm³/mol. The fourth-order valence-corrected chi connectivity index (χ4v) is 8.61. The minimum absolute atomic E-state index is 0. The molecule has 0 saturated carbocycles. The molecule has 0 aliphatic heterocycles. The van der Waals surface area contributed by atoms with Crippen LogP contribution in [0.4, 0.5) is 0 Å². The number of carbonyl (C=O) groups is 2. The van der Waals surface area contributed by atoms with Gasteiger partial charge >= 0.3 is 16.8 Å². The van der Waals surface area contributed by atoms with Crippen molar-refractivity contribution in [3.05, 3.63) is 144 Å². The number of aromatic amines is 1. The molecular weight excluding hydrogens is 935 g/mol. The Morgan fingerprint density at radius 3 is 1.88 bits per heavy atom. The molecule has 0 aliphatic rings. The number of aliphatic hydroxyl groups is 1. The summed E-state index contributed by atoms with van der Waals surface area (Å²) >= 11 is 1.07. The Bertz CT molecular complexity index is 2970. The number of phenolic OH excluding ortho intramolecular Hbond substituents is 1. The third kappa shape index (κ3) is 15.6. The summed E-state index contributed by atoms with van der Waals surface area (Å²) in [5, 5.41) is 41.3. The van der Waals surface area contributed by atoms with Gasteiger partial charge in [-0.3, -0.25) is 14.4 Å². The maximum atomic E-state index is 12.3. The second kappa shape index (κ2) is 26.1. The molecule has 4 aromatic carbocycles. The van der Waals surface area contributed by atoms with Gasteiger partial charge in [-0.1, -0.05) is 59.9 Å². The third-order valence-corrected chi connectivity index (χ3v) is 12.3. The Kier molecular flexibility index (Phi) is 21.3. The molecule has 3 aromatic heterocycles. The molecule has 7 rings (SSSR count). The van der Waals surface area contributed by atoms with Gasteiger partial charge in [0.15, 0.2) is 20.7 Å². The summed E-state index contributed by atoms with van der Waals surface area (Å²) in [4.78, 5) is 60.8. The van der Waals surface area contributed by atoms with Crippen molar-refractivity contribution in [1.82, 2.24) is 10.3 Å². The van der Waals surface area contributed by atoms with Crippen molar-refractivity contribution in [2.24, 2.45) is 0 Å². The van der Waals surface area contributed by atoms with Gasteiger partial charge in [0.25, 0.3) is 0 Å². The number of carboxylic acid groups (broad SMARTS) is 2. The van der Waals surface area contributed by atoms with Crippen LogP contribution in [0.5, 0.6) is 17.2 Å². The Balaban J connectivity index is 0.000000285. The number of hydrogen-bond acceptors (Lipinski definition) is 16. The smallest absolute Gasteiger partial charge is 0.371 e. The van der Waals surface area contributed by atoms with Crippen molar-refractivity contribution in [1.29, 1.82) is 0 Å². The van der Waals surface area contributed by atoms with Crippen LogP contribution in [0.1, 0.15) is 38.7 Å². The average molecular weight is 979 g/mol. The molecule has 0 saturated heterocycles. The summed E-state index contributed by atoms with van der Waals surface area (Å²) in [6.07, 6.45) is 0.764. The van der Waals surface area contributed by atoms with Crippen LogP contribution in [0.3, 0.4) is 0 Å². The third-order valence-electron chi connectivity index (χ3n) is 9.64. The van der Waals surface area contributed by atoms with Gasteiger partial charge in [-0.2, -0.15) is 0 Å². The van der Waals surface area contributed by atoms with E-state index in [1.807, 2.05) is 30.3 Å². The first kappa shape index (κ1) is 54.8. The van der Waals surface area contributed by atoms with Crippen LogP contribution in [-0.2, 0) is 27.4 Å². The van der Waals surface area contributed by atoms with Crippen LogP contribution in [-0.4, -0.2) is 162 Å². The fourth-order valence-electron chi connectivity index (χ4n) is 6.49. The number of aromatic carboxylic acids is 2. The van der Waals surface area contributed by atoms with Crippen LogP contribution in [0, 0.1) is 0 Å². The summed E-state index contributed by atoms with van der Waals surface area (Å²) in [5.74, 6) is -3.39. The first-order valence-corrected chi connectivity index (χ1v) is 22.7. The molecule has 6 N–H and O–H groups in total. The predicted octanol–water partition coefficient (Wildman–Crippen LogP) is 3.84. The Hall–Kier alpha value is -4.84. The standard InChI is InChI=1S/C23H16O11.C22H28N2O5S2.2Na/c24-11(9-31-14-3-1-5-16-20(14)12(25)7-18(33-16)22(27)28)10-32-15-4-2-6-17-21(15)13(26)8-19(34-17)23(29)30;25-19-8-7-18(21-20(19)24-22(26)30-21)9-11-23-12-16-31(27,28)15-4-13-29-14-10-17-5-2-1-3-6-17;;/h1-8,11,24H,9-10H2,(H,27,28)(H,29,30);1-3,5-8,23,25H,4,9-16H2,(H,24,26);;. The van der Waals surface area contributed by atoms with E-state index in [2.05, 4.69) is 10.3 Å². The summed E-state index contributed by atoms with van der Waals surface area (Å²) in [6, 6.07) is 23.8. The van der Waals surface area contributed by atoms with Crippen molar-refractivity contribution >= 4 is 124 Å². The molecule has 0 bridgehead atoms. The molecule has 22 heteroatoms. The monoisotopic (exact) mass is 978 g/mol. The van der Waals surface area contributed by atoms with Crippen LogP contribution < -0.4 is 30.5 Å². The number of aliphatic hydroxyl groups excluding tert-OH is 1. The van der Waals surface area contributed by atoms with Crippen LogP contribution in [0.25, 0.3) is 32.2 Å². The van der Waals surface area contributed by atoms with E-state index in [0.717, 1.165) is 40.2 Å². The normalized spacial score (nSPS) is 11.1. The number of ether oxygens (including phenoxy) is 3. The van der Waals surface area contributed by atoms with Gasteiger partial charge in [0.1, 0.15) is 64.0 Å². The molecule has 0 spiro atoms. The van der Waals surface area contributed by atoms with Gasteiger partial charge in [0.05, 0.1) is 22.8 Å². The molecule has 7 aromatic rings. The number of H-pyrrole nitrogens is 1. The second-order valence-electron chi connectivity index (χ2n) is 14.4. The minimum Gasteiger partial charge on any atom is -0.506 e. The number of carboxylic acids is 2. The Morgan fingerprint density at radius 2 is 1.31 bits per heavy atom. The zero-order chi connectivity index (χ0) is 46.5.